The van der Waals surface area contributed by atoms with E-state index in [-0.39, 0.29) is 13.1 Å². The lowest BCUT2D eigenvalue weighted by Gasteiger charge is -2.18. The Bertz CT molecular complexity index is 1560. The van der Waals surface area contributed by atoms with Crippen molar-refractivity contribution in [1.82, 2.24) is 20.9 Å². The molecule has 11 nitrogen and oxygen atoms in total. The number of pyridine rings is 1. The van der Waals surface area contributed by atoms with Crippen LogP contribution >= 0.6 is 0 Å². The van der Waals surface area contributed by atoms with E-state index in [1.807, 2.05) is 60.7 Å². The van der Waals surface area contributed by atoms with Gasteiger partial charge in [-0.1, -0.05) is 48.5 Å². The molecule has 0 spiro atoms. The van der Waals surface area contributed by atoms with Gasteiger partial charge in [-0.15, -0.1) is 0 Å². The van der Waals surface area contributed by atoms with E-state index in [1.54, 1.807) is 12.1 Å². The number of carbonyl (C=O) groups is 4. The number of carbonyl (C=O) groups excluding carboxylic acids is 4. The van der Waals surface area contributed by atoms with Crippen LogP contribution in [0, 0.1) is 0 Å². The van der Waals surface area contributed by atoms with Crippen LogP contribution in [0.5, 0.6) is 0 Å². The average Bonchev–Trinajstić information content (AvgIpc) is 2.98. The second-order valence-corrected chi connectivity index (χ2v) is 9.47. The van der Waals surface area contributed by atoms with Gasteiger partial charge < -0.3 is 32.7 Å². The molecule has 3 aromatic carbocycles. The van der Waals surface area contributed by atoms with E-state index in [4.69, 9.17) is 16.5 Å². The third-order valence-corrected chi connectivity index (χ3v) is 6.44. The summed E-state index contributed by atoms with van der Waals surface area (Å²) in [5.41, 5.74) is 13.8. The summed E-state index contributed by atoms with van der Waals surface area (Å²) in [5.74, 6) is -2.28. The Morgan fingerprint density at radius 3 is 2.29 bits per heavy atom. The van der Waals surface area contributed by atoms with Crippen molar-refractivity contribution >= 4 is 56.8 Å². The zero-order chi connectivity index (χ0) is 29.2. The highest BCUT2D eigenvalue weighted by Crippen LogP contribution is 2.34. The van der Waals surface area contributed by atoms with E-state index in [1.165, 1.54) is 0 Å². The highest BCUT2D eigenvalue weighted by atomic mass is 16.2. The van der Waals surface area contributed by atoms with Crippen molar-refractivity contribution < 1.29 is 19.2 Å². The Balaban J connectivity index is 1.53. The molecule has 0 radical (unpaired) electrons. The Labute approximate surface area is 237 Å². The molecule has 0 aliphatic rings. The first-order valence-corrected chi connectivity index (χ1v) is 13.3. The maximum Gasteiger partial charge on any atom is 0.253 e. The molecule has 1 atom stereocenters. The number of benzene rings is 3. The van der Waals surface area contributed by atoms with Crippen LogP contribution in [0.3, 0.4) is 0 Å². The van der Waals surface area contributed by atoms with Gasteiger partial charge in [0, 0.05) is 16.5 Å². The van der Waals surface area contributed by atoms with Gasteiger partial charge in [-0.25, -0.2) is 4.98 Å². The fourth-order valence-electron chi connectivity index (χ4n) is 4.46. The van der Waals surface area contributed by atoms with Crippen LogP contribution in [0.1, 0.15) is 29.6 Å². The summed E-state index contributed by atoms with van der Waals surface area (Å²) in [7, 11) is 0. The maximum absolute atomic E-state index is 13.3. The number of rotatable bonds is 13. The minimum Gasteiger partial charge on any atom is -0.368 e. The summed E-state index contributed by atoms with van der Waals surface area (Å²) in [6, 6.07) is 21.8. The van der Waals surface area contributed by atoms with Gasteiger partial charge >= 0.3 is 0 Å². The minimum atomic E-state index is -0.900. The number of nitrogens with one attached hydrogen (secondary N) is 4. The van der Waals surface area contributed by atoms with Crippen molar-refractivity contribution in [2.45, 2.75) is 25.3 Å². The molecule has 41 heavy (non-hydrogen) atoms. The molecule has 0 unspecified atom stereocenters. The lowest BCUT2D eigenvalue weighted by Crippen LogP contribution is -2.50. The highest BCUT2D eigenvalue weighted by Gasteiger charge is 2.22. The van der Waals surface area contributed by atoms with E-state index in [0.717, 1.165) is 22.1 Å². The van der Waals surface area contributed by atoms with Crippen LogP contribution in [-0.2, 0) is 14.4 Å². The number of fused-ring (bicyclic) bond motifs is 2. The fourth-order valence-corrected chi connectivity index (χ4v) is 4.46. The molecule has 4 amide bonds. The molecule has 11 heteroatoms. The average molecular weight is 556 g/mol. The van der Waals surface area contributed by atoms with Gasteiger partial charge in [0.05, 0.1) is 35.4 Å². The van der Waals surface area contributed by atoms with Gasteiger partial charge in [-0.3, -0.25) is 19.2 Å². The molecule has 0 saturated carbocycles. The predicted octanol–water partition coefficient (Wildman–Crippen LogP) is 2.08. The summed E-state index contributed by atoms with van der Waals surface area (Å²) in [5, 5.41) is 12.8. The molecule has 0 aliphatic heterocycles. The van der Waals surface area contributed by atoms with E-state index < -0.39 is 29.7 Å². The normalized spacial score (nSPS) is 11.5. The Hall–Kier alpha value is -5.03. The molecule has 0 bridgehead atoms. The fraction of sp³-hybridized carbons (Fsp3) is 0.233. The number of hydrogen-bond donors (Lipinski definition) is 6. The molecular weight excluding hydrogens is 522 g/mol. The predicted molar refractivity (Wildman–Crippen MR) is 158 cm³/mol. The lowest BCUT2D eigenvalue weighted by atomic mass is 10.0. The Morgan fingerprint density at radius 2 is 1.54 bits per heavy atom. The number of para-hydroxylation sites is 3. The van der Waals surface area contributed by atoms with Crippen molar-refractivity contribution in [2.75, 3.05) is 25.0 Å². The first-order chi connectivity index (χ1) is 19.9. The van der Waals surface area contributed by atoms with Crippen molar-refractivity contribution in [2.24, 2.45) is 11.5 Å². The second-order valence-electron chi connectivity index (χ2n) is 9.47. The van der Waals surface area contributed by atoms with Crippen molar-refractivity contribution in [3.05, 3.63) is 78.4 Å². The second kappa shape index (κ2) is 13.9. The molecule has 4 rings (SSSR count). The topological polar surface area (TPSA) is 181 Å². The van der Waals surface area contributed by atoms with E-state index in [9.17, 15) is 19.2 Å². The van der Waals surface area contributed by atoms with E-state index >= 15 is 0 Å². The molecule has 0 aliphatic carbocycles. The standard InChI is InChI=1S/C30H33N7O4/c31-16-7-6-15-24(30(41)33-17-25(32)38)36-26(39)18-34-29(40)22-13-8-12-21-27(35-19-9-2-1-3-10-19)20-11-4-5-14-23(20)37-28(21)22/h1-5,8-14,24H,6-7,15-18,31H2,(H2,32,38)(H,33,41)(H,34,40)(H,35,37)(H,36,39)/t24-/m0/s1. The smallest absolute Gasteiger partial charge is 0.253 e. The molecule has 8 N–H and O–H groups in total. The number of amides is 4. The number of nitrogens with zero attached hydrogens (tertiary/aromatic N) is 1. The summed E-state index contributed by atoms with van der Waals surface area (Å²) in [6.07, 6.45) is 1.57. The van der Waals surface area contributed by atoms with Crippen LogP contribution in [0.4, 0.5) is 11.4 Å². The SMILES string of the molecule is NCCCC[C@H](NC(=O)CNC(=O)c1cccc2c(Nc3ccccc3)c3ccccc3nc12)C(=O)NCC(N)=O. The number of anilines is 2. The van der Waals surface area contributed by atoms with E-state index in [0.29, 0.717) is 42.4 Å². The van der Waals surface area contributed by atoms with Gasteiger partial charge in [-0.05, 0) is 50.1 Å². The van der Waals surface area contributed by atoms with Crippen molar-refractivity contribution in [1.29, 1.82) is 0 Å². The molecule has 0 fully saturated rings. The zero-order valence-electron chi connectivity index (χ0n) is 22.5. The lowest BCUT2D eigenvalue weighted by molar-refractivity contribution is -0.129. The summed E-state index contributed by atoms with van der Waals surface area (Å²) < 4.78 is 0. The first-order valence-electron chi connectivity index (χ1n) is 13.3. The first kappa shape index (κ1) is 29.0. The van der Waals surface area contributed by atoms with Gasteiger partial charge in [0.1, 0.15) is 6.04 Å². The number of hydrogen-bond acceptors (Lipinski definition) is 7. The highest BCUT2D eigenvalue weighted by molar-refractivity contribution is 6.15. The van der Waals surface area contributed by atoms with Crippen LogP contribution in [0.25, 0.3) is 21.8 Å². The van der Waals surface area contributed by atoms with Crippen LogP contribution in [0.2, 0.25) is 0 Å². The van der Waals surface area contributed by atoms with Crippen LogP contribution in [0.15, 0.2) is 72.8 Å². The minimum absolute atomic E-state index is 0.302. The molecular formula is C30H33N7O4. The summed E-state index contributed by atoms with van der Waals surface area (Å²) >= 11 is 0. The maximum atomic E-state index is 13.3. The number of nitrogens with two attached hydrogens (primary N) is 2. The van der Waals surface area contributed by atoms with Gasteiger partial charge in [0.2, 0.25) is 17.7 Å². The van der Waals surface area contributed by atoms with E-state index in [2.05, 4.69) is 21.3 Å². The number of unbranched alkanes of at least 4 members (excludes halogenated alkanes) is 1. The molecule has 1 heterocycles. The molecule has 212 valence electrons. The van der Waals surface area contributed by atoms with Crippen LogP contribution < -0.4 is 32.7 Å². The summed E-state index contributed by atoms with van der Waals surface area (Å²) in [4.78, 5) is 54.3. The summed E-state index contributed by atoms with van der Waals surface area (Å²) in [6.45, 7) is -0.270. The largest absolute Gasteiger partial charge is 0.368 e. The van der Waals surface area contributed by atoms with Crippen molar-refractivity contribution in [3.8, 4) is 0 Å². The molecule has 1 aromatic heterocycles. The third kappa shape index (κ3) is 7.55. The molecule has 0 saturated heterocycles. The van der Waals surface area contributed by atoms with Gasteiger partial charge in [0.15, 0.2) is 0 Å². The Kier molecular flexibility index (Phi) is 9.79. The van der Waals surface area contributed by atoms with Gasteiger partial charge in [-0.2, -0.15) is 0 Å². The number of primary amides is 1. The monoisotopic (exact) mass is 555 g/mol. The quantitative estimate of drug-likeness (QED) is 0.108. The molecule has 4 aromatic rings. The third-order valence-electron chi connectivity index (χ3n) is 6.44. The Morgan fingerprint density at radius 1 is 0.805 bits per heavy atom. The number of aromatic nitrogens is 1. The zero-order valence-corrected chi connectivity index (χ0v) is 22.5. The van der Waals surface area contributed by atoms with Crippen molar-refractivity contribution in [3.63, 3.8) is 0 Å². The van der Waals surface area contributed by atoms with Gasteiger partial charge in [0.25, 0.3) is 5.91 Å². The van der Waals surface area contributed by atoms with Crippen LogP contribution in [-0.4, -0.2) is 54.3 Å².